The van der Waals surface area contributed by atoms with E-state index in [0.717, 1.165) is 17.1 Å². The highest BCUT2D eigenvalue weighted by atomic mass is 16.5. The average molecular weight is 288 g/mol. The van der Waals surface area contributed by atoms with Crippen molar-refractivity contribution in [3.8, 4) is 11.5 Å². The molecule has 1 atom stereocenters. The lowest BCUT2D eigenvalue weighted by molar-refractivity contribution is 0.0164. The fraction of sp³-hybridized carbons (Fsp3) is 0.294. The molecule has 0 aliphatic rings. The van der Waals surface area contributed by atoms with E-state index >= 15 is 0 Å². The molecule has 0 unspecified atom stereocenters. The average Bonchev–Trinajstić information content (AvgIpc) is 2.56. The van der Waals surface area contributed by atoms with Gasteiger partial charge in [-0.05, 0) is 29.8 Å². The van der Waals surface area contributed by atoms with Crippen molar-refractivity contribution in [2.45, 2.75) is 12.7 Å². The summed E-state index contributed by atoms with van der Waals surface area (Å²) in [6.45, 7) is 0.795. The number of ether oxygens (including phenoxy) is 3. The molecule has 2 aromatic rings. The Labute approximate surface area is 124 Å². The van der Waals surface area contributed by atoms with Crippen LogP contribution in [0.2, 0.25) is 0 Å². The van der Waals surface area contributed by atoms with Gasteiger partial charge in [-0.3, -0.25) is 0 Å². The Morgan fingerprint density at radius 3 is 2.10 bits per heavy atom. The zero-order valence-electron chi connectivity index (χ0n) is 12.1. The van der Waals surface area contributed by atoms with Gasteiger partial charge >= 0.3 is 0 Å². The summed E-state index contributed by atoms with van der Waals surface area (Å²) >= 11 is 0. The lowest BCUT2D eigenvalue weighted by Crippen LogP contribution is -2.24. The van der Waals surface area contributed by atoms with Crippen LogP contribution in [0.4, 0.5) is 0 Å². The van der Waals surface area contributed by atoms with Crippen LogP contribution >= 0.6 is 0 Å². The third-order valence-corrected chi connectivity index (χ3v) is 3.04. The third-order valence-electron chi connectivity index (χ3n) is 3.04. The fourth-order valence-corrected chi connectivity index (χ4v) is 1.76. The topological polar surface area (TPSA) is 47.9 Å². The molecular formula is C17H20O4. The SMILES string of the molecule is CO[C@H](CO)COc1ccc(OCc2ccccc2)cc1. The van der Waals surface area contributed by atoms with Crippen LogP contribution in [0.3, 0.4) is 0 Å². The second-order valence-electron chi connectivity index (χ2n) is 4.60. The van der Waals surface area contributed by atoms with E-state index in [1.165, 1.54) is 0 Å². The highest BCUT2D eigenvalue weighted by molar-refractivity contribution is 5.31. The quantitative estimate of drug-likeness (QED) is 0.811. The molecule has 0 saturated carbocycles. The van der Waals surface area contributed by atoms with Crippen LogP contribution < -0.4 is 9.47 Å². The van der Waals surface area contributed by atoms with Crippen molar-refractivity contribution in [3.63, 3.8) is 0 Å². The number of rotatable bonds is 8. The van der Waals surface area contributed by atoms with E-state index in [1.54, 1.807) is 7.11 Å². The molecule has 2 rings (SSSR count). The summed E-state index contributed by atoms with van der Waals surface area (Å²) in [4.78, 5) is 0. The minimum atomic E-state index is -0.306. The molecule has 21 heavy (non-hydrogen) atoms. The number of methoxy groups -OCH3 is 1. The maximum absolute atomic E-state index is 9.00. The minimum Gasteiger partial charge on any atom is -0.491 e. The molecule has 0 amide bonds. The molecule has 0 bridgehead atoms. The smallest absolute Gasteiger partial charge is 0.120 e. The Bertz CT molecular complexity index is 506. The van der Waals surface area contributed by atoms with Gasteiger partial charge in [-0.25, -0.2) is 0 Å². The van der Waals surface area contributed by atoms with Gasteiger partial charge in [0.25, 0.3) is 0 Å². The monoisotopic (exact) mass is 288 g/mol. The van der Waals surface area contributed by atoms with Crippen LogP contribution in [0, 0.1) is 0 Å². The Morgan fingerprint density at radius 2 is 1.52 bits per heavy atom. The zero-order chi connectivity index (χ0) is 14.9. The first-order valence-corrected chi connectivity index (χ1v) is 6.85. The maximum Gasteiger partial charge on any atom is 0.120 e. The van der Waals surface area contributed by atoms with E-state index in [1.807, 2.05) is 54.6 Å². The summed E-state index contributed by atoms with van der Waals surface area (Å²) < 4.78 is 16.3. The van der Waals surface area contributed by atoms with E-state index in [9.17, 15) is 0 Å². The predicted molar refractivity (Wildman–Crippen MR) is 80.6 cm³/mol. The van der Waals surface area contributed by atoms with E-state index in [-0.39, 0.29) is 12.7 Å². The van der Waals surface area contributed by atoms with Gasteiger partial charge in [0, 0.05) is 7.11 Å². The maximum atomic E-state index is 9.00. The van der Waals surface area contributed by atoms with Crippen LogP contribution in [0.15, 0.2) is 54.6 Å². The molecule has 112 valence electrons. The van der Waals surface area contributed by atoms with Crippen molar-refractivity contribution in [2.24, 2.45) is 0 Å². The largest absolute Gasteiger partial charge is 0.491 e. The van der Waals surface area contributed by atoms with E-state index < -0.39 is 0 Å². The van der Waals surface area contributed by atoms with Gasteiger partial charge in [0.2, 0.25) is 0 Å². The molecule has 0 aromatic heterocycles. The fourth-order valence-electron chi connectivity index (χ4n) is 1.76. The predicted octanol–water partition coefficient (Wildman–Crippen LogP) is 2.65. The number of benzene rings is 2. The molecule has 2 aromatic carbocycles. The van der Waals surface area contributed by atoms with Gasteiger partial charge in [0.1, 0.15) is 30.8 Å². The third kappa shape index (κ3) is 5.10. The lowest BCUT2D eigenvalue weighted by atomic mass is 10.2. The highest BCUT2D eigenvalue weighted by Gasteiger charge is 2.06. The summed E-state index contributed by atoms with van der Waals surface area (Å²) in [7, 11) is 1.55. The molecule has 0 radical (unpaired) electrons. The highest BCUT2D eigenvalue weighted by Crippen LogP contribution is 2.19. The van der Waals surface area contributed by atoms with Crippen molar-refractivity contribution in [2.75, 3.05) is 20.3 Å². The number of hydrogen-bond acceptors (Lipinski definition) is 4. The molecule has 1 N–H and O–H groups in total. The standard InChI is InChI=1S/C17H20O4/c1-19-17(11-18)13-21-16-9-7-15(8-10-16)20-12-14-5-3-2-4-6-14/h2-10,17-18H,11-13H2,1H3/t17-/m1/s1. The van der Waals surface area contributed by atoms with Crippen LogP contribution in [0.25, 0.3) is 0 Å². The summed E-state index contributed by atoms with van der Waals surface area (Å²) in [5.41, 5.74) is 1.13. The Morgan fingerprint density at radius 1 is 0.905 bits per heavy atom. The van der Waals surface area contributed by atoms with Gasteiger partial charge in [-0.1, -0.05) is 30.3 Å². The van der Waals surface area contributed by atoms with Crippen molar-refractivity contribution < 1.29 is 19.3 Å². The summed E-state index contributed by atoms with van der Waals surface area (Å²) in [5.74, 6) is 1.51. The summed E-state index contributed by atoms with van der Waals surface area (Å²) in [5, 5.41) is 9.00. The van der Waals surface area contributed by atoms with Gasteiger partial charge in [-0.15, -0.1) is 0 Å². The van der Waals surface area contributed by atoms with Crippen molar-refractivity contribution in [1.82, 2.24) is 0 Å². The zero-order valence-corrected chi connectivity index (χ0v) is 12.1. The summed E-state index contributed by atoms with van der Waals surface area (Å²) in [6.07, 6.45) is -0.306. The van der Waals surface area contributed by atoms with Crippen LogP contribution in [-0.4, -0.2) is 31.5 Å². The molecule has 0 fully saturated rings. The van der Waals surface area contributed by atoms with Crippen molar-refractivity contribution >= 4 is 0 Å². The van der Waals surface area contributed by atoms with Gasteiger partial charge in [-0.2, -0.15) is 0 Å². The van der Waals surface area contributed by atoms with E-state index in [4.69, 9.17) is 19.3 Å². The first kappa shape index (κ1) is 15.4. The second kappa shape index (κ2) is 8.29. The first-order chi connectivity index (χ1) is 10.3. The van der Waals surface area contributed by atoms with Crippen molar-refractivity contribution in [1.29, 1.82) is 0 Å². The van der Waals surface area contributed by atoms with E-state index in [2.05, 4.69) is 0 Å². The number of aliphatic hydroxyl groups excluding tert-OH is 1. The molecule has 4 heteroatoms. The Kier molecular flexibility index (Phi) is 6.06. The Balaban J connectivity index is 1.81. The Hall–Kier alpha value is -2.04. The van der Waals surface area contributed by atoms with Gasteiger partial charge < -0.3 is 19.3 Å². The van der Waals surface area contributed by atoms with Crippen molar-refractivity contribution in [3.05, 3.63) is 60.2 Å². The van der Waals surface area contributed by atoms with Crippen LogP contribution in [0.5, 0.6) is 11.5 Å². The van der Waals surface area contributed by atoms with Crippen LogP contribution in [-0.2, 0) is 11.3 Å². The lowest BCUT2D eigenvalue weighted by Gasteiger charge is -2.14. The molecule has 4 nitrogen and oxygen atoms in total. The molecule has 0 aliphatic heterocycles. The molecule has 0 heterocycles. The number of aliphatic hydroxyl groups is 1. The second-order valence-corrected chi connectivity index (χ2v) is 4.60. The molecular weight excluding hydrogens is 268 g/mol. The van der Waals surface area contributed by atoms with Crippen LogP contribution in [0.1, 0.15) is 5.56 Å². The minimum absolute atomic E-state index is 0.0607. The number of hydrogen-bond donors (Lipinski definition) is 1. The summed E-state index contributed by atoms with van der Waals surface area (Å²) in [6, 6.07) is 17.4. The molecule has 0 spiro atoms. The van der Waals surface area contributed by atoms with E-state index in [0.29, 0.717) is 13.2 Å². The van der Waals surface area contributed by atoms with Gasteiger partial charge in [0.05, 0.1) is 6.61 Å². The van der Waals surface area contributed by atoms with Gasteiger partial charge in [0.15, 0.2) is 0 Å². The first-order valence-electron chi connectivity index (χ1n) is 6.85. The normalized spacial score (nSPS) is 11.9. The molecule has 0 aliphatic carbocycles. The molecule has 0 saturated heterocycles.